The van der Waals surface area contributed by atoms with E-state index in [0.29, 0.717) is 5.25 Å². The second-order valence-electron chi connectivity index (χ2n) is 7.04. The molecule has 6 rings (SSSR count). The Labute approximate surface area is 182 Å². The third-order valence-electron chi connectivity index (χ3n) is 5.15. The molecule has 3 heterocycles. The minimum atomic E-state index is -0.374. The molecule has 146 valence electrons. The van der Waals surface area contributed by atoms with Gasteiger partial charge in [0.15, 0.2) is 11.5 Å². The summed E-state index contributed by atoms with van der Waals surface area (Å²) in [6, 6.07) is 21.0. The van der Waals surface area contributed by atoms with Crippen LogP contribution in [0.5, 0.6) is 17.2 Å². The Balaban J connectivity index is 1.25. The van der Waals surface area contributed by atoms with E-state index in [2.05, 4.69) is 36.4 Å². The summed E-state index contributed by atoms with van der Waals surface area (Å²) >= 11 is 5.75. The lowest BCUT2D eigenvalue weighted by atomic mass is 10.1. The normalized spacial score (nSPS) is 19.9. The number of hydrogen-bond donors (Lipinski definition) is 0. The van der Waals surface area contributed by atoms with E-state index in [1.165, 1.54) is 20.2 Å². The summed E-state index contributed by atoms with van der Waals surface area (Å²) in [6.07, 6.45) is -0.374. The van der Waals surface area contributed by atoms with E-state index < -0.39 is 0 Å². The summed E-state index contributed by atoms with van der Waals surface area (Å²) in [5, 5.41) is 0.429. The highest BCUT2D eigenvalue weighted by atomic mass is 32.2. The van der Waals surface area contributed by atoms with E-state index >= 15 is 0 Å². The minimum absolute atomic E-state index is 0.374. The first kappa shape index (κ1) is 17.9. The zero-order chi connectivity index (χ0) is 19.2. The maximum atomic E-state index is 6.00. The van der Waals surface area contributed by atoms with Gasteiger partial charge in [-0.1, -0.05) is 24.3 Å². The largest absolute Gasteiger partial charge is 0.492 e. The molecular formula is C23H18O3S3. The van der Waals surface area contributed by atoms with Crippen LogP contribution in [0.4, 0.5) is 0 Å². The number of benzene rings is 3. The predicted octanol–water partition coefficient (Wildman–Crippen LogP) is 6.58. The Morgan fingerprint density at radius 3 is 2.38 bits per heavy atom. The smallest absolute Gasteiger partial charge is 0.268 e. The number of para-hydroxylation sites is 2. The average molecular weight is 439 g/mol. The van der Waals surface area contributed by atoms with Gasteiger partial charge in [-0.2, -0.15) is 0 Å². The molecule has 1 atom stereocenters. The second kappa shape index (κ2) is 7.42. The number of fused-ring (bicyclic) bond motifs is 3. The number of hydrogen-bond acceptors (Lipinski definition) is 6. The van der Waals surface area contributed by atoms with Crippen molar-refractivity contribution in [3.63, 3.8) is 0 Å². The molecule has 0 aromatic heterocycles. The highest BCUT2D eigenvalue weighted by Gasteiger charge is 2.28. The van der Waals surface area contributed by atoms with Gasteiger partial charge in [0, 0.05) is 37.0 Å². The molecule has 3 aromatic carbocycles. The summed E-state index contributed by atoms with van der Waals surface area (Å²) in [5.74, 6) is 4.74. The van der Waals surface area contributed by atoms with Crippen LogP contribution < -0.4 is 14.2 Å². The quantitative estimate of drug-likeness (QED) is 0.449. The third-order valence-corrected chi connectivity index (χ3v) is 8.98. The average Bonchev–Trinajstić information content (AvgIpc) is 3.22. The fraction of sp³-hybridized carbons (Fsp3) is 0.217. The van der Waals surface area contributed by atoms with Crippen LogP contribution in [0.1, 0.15) is 22.7 Å². The van der Waals surface area contributed by atoms with Crippen molar-refractivity contribution in [1.29, 1.82) is 0 Å². The molecule has 6 heteroatoms. The highest BCUT2D eigenvalue weighted by Crippen LogP contribution is 2.50. The van der Waals surface area contributed by atoms with Crippen molar-refractivity contribution < 1.29 is 14.2 Å². The van der Waals surface area contributed by atoms with Gasteiger partial charge in [0.25, 0.3) is 6.29 Å². The van der Waals surface area contributed by atoms with Crippen molar-refractivity contribution in [3.8, 4) is 17.2 Å². The number of thioether (sulfide) groups is 3. The minimum Gasteiger partial charge on any atom is -0.492 e. The van der Waals surface area contributed by atoms with Gasteiger partial charge < -0.3 is 14.2 Å². The monoisotopic (exact) mass is 438 g/mol. The van der Waals surface area contributed by atoms with E-state index in [4.69, 9.17) is 14.2 Å². The zero-order valence-corrected chi connectivity index (χ0v) is 17.9. The molecule has 0 spiro atoms. The van der Waals surface area contributed by atoms with Crippen molar-refractivity contribution in [3.05, 3.63) is 71.8 Å². The Bertz CT molecular complexity index is 1060. The Morgan fingerprint density at radius 2 is 1.52 bits per heavy atom. The molecule has 0 fully saturated rings. The van der Waals surface area contributed by atoms with Gasteiger partial charge in [0.05, 0.1) is 6.61 Å². The van der Waals surface area contributed by atoms with Gasteiger partial charge >= 0.3 is 0 Å². The molecule has 0 N–H and O–H groups in total. The molecule has 3 aliphatic rings. The van der Waals surface area contributed by atoms with Crippen LogP contribution >= 0.6 is 35.3 Å². The molecule has 0 saturated carbocycles. The summed E-state index contributed by atoms with van der Waals surface area (Å²) in [4.78, 5) is 3.90. The Hall–Kier alpha value is -1.89. The van der Waals surface area contributed by atoms with E-state index in [1.807, 2.05) is 59.6 Å². The molecule has 0 saturated heterocycles. The first-order valence-corrected chi connectivity index (χ1v) is 12.4. The van der Waals surface area contributed by atoms with Gasteiger partial charge in [0.2, 0.25) is 0 Å². The summed E-state index contributed by atoms with van der Waals surface area (Å²) in [5.41, 5.74) is 2.43. The molecule has 3 aromatic rings. The lowest BCUT2D eigenvalue weighted by molar-refractivity contribution is 0.0484. The lowest BCUT2D eigenvalue weighted by Gasteiger charge is -2.26. The molecule has 0 bridgehead atoms. The summed E-state index contributed by atoms with van der Waals surface area (Å²) < 4.78 is 17.8. The molecule has 0 amide bonds. The molecule has 0 radical (unpaired) electrons. The number of ether oxygens (including phenoxy) is 3. The maximum absolute atomic E-state index is 6.00. The van der Waals surface area contributed by atoms with Gasteiger partial charge in [0.1, 0.15) is 5.75 Å². The first-order valence-electron chi connectivity index (χ1n) is 9.59. The van der Waals surface area contributed by atoms with E-state index in [0.717, 1.165) is 40.9 Å². The maximum Gasteiger partial charge on any atom is 0.268 e. The molecule has 3 nitrogen and oxygen atoms in total. The topological polar surface area (TPSA) is 27.7 Å². The van der Waals surface area contributed by atoms with Crippen LogP contribution in [0.2, 0.25) is 0 Å². The van der Waals surface area contributed by atoms with E-state index in [-0.39, 0.29) is 6.29 Å². The molecule has 0 aliphatic carbocycles. The fourth-order valence-corrected chi connectivity index (χ4v) is 7.23. The van der Waals surface area contributed by atoms with Crippen LogP contribution in [-0.2, 0) is 0 Å². The summed E-state index contributed by atoms with van der Waals surface area (Å²) in [6.45, 7) is 0.802. The predicted molar refractivity (Wildman–Crippen MR) is 119 cm³/mol. The van der Waals surface area contributed by atoms with Gasteiger partial charge in [-0.25, -0.2) is 0 Å². The van der Waals surface area contributed by atoms with Crippen molar-refractivity contribution in [2.75, 3.05) is 18.1 Å². The second-order valence-corrected chi connectivity index (χ2v) is 10.5. The lowest BCUT2D eigenvalue weighted by Crippen LogP contribution is -2.10. The van der Waals surface area contributed by atoms with Crippen molar-refractivity contribution in [2.24, 2.45) is 0 Å². The van der Waals surface area contributed by atoms with Gasteiger partial charge in [-0.05, 0) is 42.0 Å². The van der Waals surface area contributed by atoms with E-state index in [9.17, 15) is 0 Å². The zero-order valence-electron chi connectivity index (χ0n) is 15.5. The van der Waals surface area contributed by atoms with Crippen LogP contribution in [-0.4, -0.2) is 18.1 Å². The van der Waals surface area contributed by atoms with Crippen LogP contribution in [0.25, 0.3) is 0 Å². The Morgan fingerprint density at radius 1 is 0.724 bits per heavy atom. The van der Waals surface area contributed by atoms with Gasteiger partial charge in [-0.15, -0.1) is 35.3 Å². The van der Waals surface area contributed by atoms with Crippen molar-refractivity contribution >= 4 is 35.3 Å². The van der Waals surface area contributed by atoms with Gasteiger partial charge in [-0.3, -0.25) is 0 Å². The number of rotatable bonds is 2. The van der Waals surface area contributed by atoms with Crippen LogP contribution in [0.15, 0.2) is 75.4 Å². The standard InChI is InChI=1S/C23H18O3S3/c1-2-4-17-16(3-1)25-23(26-17)15-6-8-19-21(12-15)29-22(13-28-19)14-5-7-18-20(11-14)27-10-9-24-18/h1-8,11-12,22-23H,9-10,13H2. The highest BCUT2D eigenvalue weighted by molar-refractivity contribution is 8.05. The summed E-state index contributed by atoms with van der Waals surface area (Å²) in [7, 11) is 0. The van der Waals surface area contributed by atoms with Crippen molar-refractivity contribution in [2.45, 2.75) is 26.2 Å². The van der Waals surface area contributed by atoms with E-state index in [1.54, 1.807) is 0 Å². The first-order chi connectivity index (χ1) is 14.3. The SMILES string of the molecule is c1ccc2c(c1)OC(c1ccc3c(c1)SC(c1ccc4c(c1)SCCO4)CS3)O2. The Kier molecular flexibility index (Phi) is 4.58. The van der Waals surface area contributed by atoms with Crippen molar-refractivity contribution in [1.82, 2.24) is 0 Å². The molecule has 3 aliphatic heterocycles. The fourth-order valence-electron chi connectivity index (χ4n) is 3.70. The molecular weight excluding hydrogens is 420 g/mol. The van der Waals surface area contributed by atoms with Crippen LogP contribution in [0.3, 0.4) is 0 Å². The third kappa shape index (κ3) is 3.37. The molecule has 1 unspecified atom stereocenters. The van der Waals surface area contributed by atoms with Crippen LogP contribution in [0, 0.1) is 0 Å². The molecule has 29 heavy (non-hydrogen) atoms.